The predicted octanol–water partition coefficient (Wildman–Crippen LogP) is 3.74. The minimum Gasteiger partial charge on any atom is -0.473 e. The molecule has 0 spiro atoms. The molecule has 5 heteroatoms. The molecular formula is C16H20ClN3O. The van der Waals surface area contributed by atoms with E-state index in [9.17, 15) is 0 Å². The molecule has 0 aliphatic rings. The number of halogens is 1. The van der Waals surface area contributed by atoms with Crippen LogP contribution in [0.25, 0.3) is 0 Å². The molecular weight excluding hydrogens is 286 g/mol. The van der Waals surface area contributed by atoms with Crippen molar-refractivity contribution in [3.05, 3.63) is 47.0 Å². The van der Waals surface area contributed by atoms with Crippen molar-refractivity contribution in [1.29, 1.82) is 0 Å². The lowest BCUT2D eigenvalue weighted by Crippen LogP contribution is -2.18. The zero-order valence-electron chi connectivity index (χ0n) is 12.5. The molecule has 0 saturated carbocycles. The van der Waals surface area contributed by atoms with Crippen LogP contribution in [-0.4, -0.2) is 18.1 Å². The van der Waals surface area contributed by atoms with Gasteiger partial charge in [-0.15, -0.1) is 0 Å². The smallest absolute Gasteiger partial charge is 0.239 e. The minimum atomic E-state index is 0.0385. The molecule has 0 saturated heterocycles. The number of nitrogens with zero attached hydrogens (tertiary/aromatic N) is 2. The van der Waals surface area contributed by atoms with Crippen LogP contribution in [0.15, 0.2) is 36.4 Å². The SMILES string of the molecule is CC(C)Oc1nc(N(C)Cc2ccc(Cl)cc2)ccc1N. The Bertz CT molecular complexity index is 599. The number of benzene rings is 1. The third-order valence-electron chi connectivity index (χ3n) is 2.95. The number of nitrogen functional groups attached to an aromatic ring is 1. The van der Waals surface area contributed by atoms with Crippen LogP contribution in [0.4, 0.5) is 11.5 Å². The minimum absolute atomic E-state index is 0.0385. The average Bonchev–Trinajstić information content (AvgIpc) is 2.43. The van der Waals surface area contributed by atoms with E-state index in [1.807, 2.05) is 62.2 Å². The summed E-state index contributed by atoms with van der Waals surface area (Å²) in [6, 6.07) is 11.5. The second kappa shape index (κ2) is 6.68. The van der Waals surface area contributed by atoms with Crippen LogP contribution < -0.4 is 15.4 Å². The van der Waals surface area contributed by atoms with Gasteiger partial charge < -0.3 is 15.4 Å². The molecule has 21 heavy (non-hydrogen) atoms. The Morgan fingerprint density at radius 2 is 1.86 bits per heavy atom. The molecule has 0 aliphatic heterocycles. The van der Waals surface area contributed by atoms with Crippen LogP contribution in [-0.2, 0) is 6.54 Å². The normalized spacial score (nSPS) is 10.7. The quantitative estimate of drug-likeness (QED) is 0.914. The Kier molecular flexibility index (Phi) is 4.91. The first kappa shape index (κ1) is 15.4. The van der Waals surface area contributed by atoms with Gasteiger partial charge in [0.25, 0.3) is 0 Å². The zero-order valence-corrected chi connectivity index (χ0v) is 13.3. The van der Waals surface area contributed by atoms with E-state index in [2.05, 4.69) is 4.98 Å². The molecule has 4 nitrogen and oxygen atoms in total. The summed E-state index contributed by atoms with van der Waals surface area (Å²) in [6.45, 7) is 4.63. The monoisotopic (exact) mass is 305 g/mol. The van der Waals surface area contributed by atoms with E-state index in [1.54, 1.807) is 0 Å². The van der Waals surface area contributed by atoms with Gasteiger partial charge in [-0.2, -0.15) is 4.98 Å². The first-order valence-corrected chi connectivity index (χ1v) is 7.22. The summed E-state index contributed by atoms with van der Waals surface area (Å²) in [5.74, 6) is 1.29. The maximum Gasteiger partial charge on any atom is 0.239 e. The molecule has 112 valence electrons. The maximum absolute atomic E-state index is 5.90. The fourth-order valence-corrected chi connectivity index (χ4v) is 2.04. The van der Waals surface area contributed by atoms with Crippen LogP contribution in [0.5, 0.6) is 5.88 Å². The van der Waals surface area contributed by atoms with E-state index in [4.69, 9.17) is 22.1 Å². The molecule has 2 rings (SSSR count). The summed E-state index contributed by atoms with van der Waals surface area (Å²) in [4.78, 5) is 6.52. The standard InChI is InChI=1S/C16H20ClN3O/c1-11(2)21-16-14(18)8-9-15(19-16)20(3)10-12-4-6-13(17)7-5-12/h4-9,11H,10,18H2,1-3H3. The third kappa shape index (κ3) is 4.26. The summed E-state index contributed by atoms with van der Waals surface area (Å²) in [5.41, 5.74) is 7.59. The van der Waals surface area contributed by atoms with E-state index in [0.29, 0.717) is 11.6 Å². The molecule has 2 N–H and O–H groups in total. The molecule has 0 radical (unpaired) electrons. The molecule has 0 fully saturated rings. The van der Waals surface area contributed by atoms with Gasteiger partial charge in [0.1, 0.15) is 5.82 Å². The molecule has 0 aliphatic carbocycles. The lowest BCUT2D eigenvalue weighted by molar-refractivity contribution is 0.234. The Hall–Kier alpha value is -1.94. The second-order valence-corrected chi connectivity index (χ2v) is 5.65. The van der Waals surface area contributed by atoms with Gasteiger partial charge in [-0.1, -0.05) is 23.7 Å². The molecule has 0 unspecified atom stereocenters. The summed E-state index contributed by atoms with van der Waals surface area (Å²) >= 11 is 5.90. The van der Waals surface area contributed by atoms with Crippen LogP contribution >= 0.6 is 11.6 Å². The molecule has 1 aromatic carbocycles. The molecule has 1 heterocycles. The lowest BCUT2D eigenvalue weighted by atomic mass is 10.2. The van der Waals surface area contributed by atoms with E-state index in [1.165, 1.54) is 0 Å². The van der Waals surface area contributed by atoms with Crippen molar-refractivity contribution in [3.8, 4) is 5.88 Å². The first-order chi connectivity index (χ1) is 9.95. The van der Waals surface area contributed by atoms with Gasteiger partial charge in [0.05, 0.1) is 11.8 Å². The van der Waals surface area contributed by atoms with Gasteiger partial charge >= 0.3 is 0 Å². The Balaban J connectivity index is 2.15. The number of aromatic nitrogens is 1. The van der Waals surface area contributed by atoms with Crippen LogP contribution in [0.3, 0.4) is 0 Å². The van der Waals surface area contributed by atoms with Crippen molar-refractivity contribution in [1.82, 2.24) is 4.98 Å². The van der Waals surface area contributed by atoms with Gasteiger partial charge in [-0.05, 0) is 43.7 Å². The van der Waals surface area contributed by atoms with Crippen molar-refractivity contribution < 1.29 is 4.74 Å². The predicted molar refractivity (Wildman–Crippen MR) is 88.0 cm³/mol. The first-order valence-electron chi connectivity index (χ1n) is 6.84. The zero-order chi connectivity index (χ0) is 15.4. The summed E-state index contributed by atoms with van der Waals surface area (Å²) < 4.78 is 5.62. The number of pyridine rings is 1. The second-order valence-electron chi connectivity index (χ2n) is 5.21. The molecule has 2 aromatic rings. The third-order valence-corrected chi connectivity index (χ3v) is 3.20. The maximum atomic E-state index is 5.90. The topological polar surface area (TPSA) is 51.4 Å². The van der Waals surface area contributed by atoms with Crippen molar-refractivity contribution in [3.63, 3.8) is 0 Å². The Labute approximate surface area is 130 Å². The van der Waals surface area contributed by atoms with Crippen LogP contribution in [0.1, 0.15) is 19.4 Å². The van der Waals surface area contributed by atoms with Gasteiger partial charge in [-0.25, -0.2) is 0 Å². The molecule has 0 bridgehead atoms. The summed E-state index contributed by atoms with van der Waals surface area (Å²) in [7, 11) is 1.98. The fraction of sp³-hybridized carbons (Fsp3) is 0.312. The van der Waals surface area contributed by atoms with Crippen LogP contribution in [0.2, 0.25) is 5.02 Å². The van der Waals surface area contributed by atoms with Gasteiger partial charge in [-0.3, -0.25) is 0 Å². The highest BCUT2D eigenvalue weighted by Crippen LogP contribution is 2.24. The van der Waals surface area contributed by atoms with Gasteiger partial charge in [0.2, 0.25) is 5.88 Å². The largest absolute Gasteiger partial charge is 0.473 e. The Morgan fingerprint density at radius 3 is 2.48 bits per heavy atom. The number of hydrogen-bond donors (Lipinski definition) is 1. The molecule has 0 amide bonds. The molecule has 0 atom stereocenters. The fourth-order valence-electron chi connectivity index (χ4n) is 1.92. The number of rotatable bonds is 5. The van der Waals surface area contributed by atoms with E-state index >= 15 is 0 Å². The van der Waals surface area contributed by atoms with Crippen LogP contribution in [0, 0.1) is 0 Å². The van der Waals surface area contributed by atoms with E-state index in [-0.39, 0.29) is 6.10 Å². The van der Waals surface area contributed by atoms with Gasteiger partial charge in [0, 0.05) is 18.6 Å². The van der Waals surface area contributed by atoms with Crippen molar-refractivity contribution >= 4 is 23.1 Å². The summed E-state index contributed by atoms with van der Waals surface area (Å²) in [5, 5.41) is 0.736. The number of hydrogen-bond acceptors (Lipinski definition) is 4. The number of nitrogens with two attached hydrogens (primary N) is 1. The van der Waals surface area contributed by atoms with Crippen molar-refractivity contribution in [2.45, 2.75) is 26.5 Å². The lowest BCUT2D eigenvalue weighted by Gasteiger charge is -2.20. The highest BCUT2D eigenvalue weighted by Gasteiger charge is 2.10. The van der Waals surface area contributed by atoms with Crippen molar-refractivity contribution in [2.24, 2.45) is 0 Å². The van der Waals surface area contributed by atoms with E-state index in [0.717, 1.165) is 22.9 Å². The summed E-state index contributed by atoms with van der Waals surface area (Å²) in [6.07, 6.45) is 0.0385. The average molecular weight is 306 g/mol. The highest BCUT2D eigenvalue weighted by atomic mass is 35.5. The number of anilines is 2. The number of ether oxygens (including phenoxy) is 1. The van der Waals surface area contributed by atoms with E-state index < -0.39 is 0 Å². The van der Waals surface area contributed by atoms with Gasteiger partial charge in [0.15, 0.2) is 0 Å². The van der Waals surface area contributed by atoms with Crippen molar-refractivity contribution in [2.75, 3.05) is 17.7 Å². The highest BCUT2D eigenvalue weighted by molar-refractivity contribution is 6.30. The molecule has 1 aromatic heterocycles. The Morgan fingerprint density at radius 1 is 1.19 bits per heavy atom.